The highest BCUT2D eigenvalue weighted by molar-refractivity contribution is 5.88. The summed E-state index contributed by atoms with van der Waals surface area (Å²) in [6.45, 7) is 4.82. The fourth-order valence-electron chi connectivity index (χ4n) is 2.04. The number of amides is 2. The molecule has 2 rings (SSSR count). The average Bonchev–Trinajstić information content (AvgIpc) is 2.76. The van der Waals surface area contributed by atoms with Gasteiger partial charge in [0.25, 0.3) is 0 Å². The fraction of sp³-hybridized carbons (Fsp3) is 0.636. The molecule has 1 saturated heterocycles. The van der Waals surface area contributed by atoms with Gasteiger partial charge in [0.1, 0.15) is 5.82 Å². The van der Waals surface area contributed by atoms with E-state index in [1.54, 1.807) is 24.0 Å². The molecule has 7 heteroatoms. The molecule has 0 aromatic carbocycles. The third-order valence-corrected chi connectivity index (χ3v) is 3.16. The summed E-state index contributed by atoms with van der Waals surface area (Å²) in [6, 6.07) is 1.72. The van der Waals surface area contributed by atoms with E-state index in [0.717, 1.165) is 32.7 Å². The largest absolute Gasteiger partial charge is 0.329 e. The van der Waals surface area contributed by atoms with Gasteiger partial charge in [-0.3, -0.25) is 14.9 Å². The predicted octanol–water partition coefficient (Wildman–Crippen LogP) is -0.472. The Kier molecular flexibility index (Phi) is 4.16. The van der Waals surface area contributed by atoms with Crippen molar-refractivity contribution in [2.45, 2.75) is 0 Å². The number of anilines is 1. The van der Waals surface area contributed by atoms with Crippen LogP contribution in [0.25, 0.3) is 0 Å². The van der Waals surface area contributed by atoms with Crippen LogP contribution >= 0.6 is 0 Å². The highest BCUT2D eigenvalue weighted by atomic mass is 16.2. The van der Waals surface area contributed by atoms with Crippen LogP contribution in [0.3, 0.4) is 0 Å². The first-order chi connectivity index (χ1) is 8.70. The summed E-state index contributed by atoms with van der Waals surface area (Å²) in [5.74, 6) is 0.712. The van der Waals surface area contributed by atoms with Crippen molar-refractivity contribution < 1.29 is 4.79 Å². The quantitative estimate of drug-likeness (QED) is 0.762. The lowest BCUT2D eigenvalue weighted by Gasteiger charge is -2.34. The number of carbonyl (C=O) groups is 1. The summed E-state index contributed by atoms with van der Waals surface area (Å²) < 4.78 is 1.64. The van der Waals surface area contributed by atoms with Gasteiger partial charge >= 0.3 is 6.03 Å². The highest BCUT2D eigenvalue weighted by Crippen LogP contribution is 2.07. The minimum Gasteiger partial charge on any atom is -0.329 e. The lowest BCUT2D eigenvalue weighted by molar-refractivity contribution is 0.149. The van der Waals surface area contributed by atoms with Gasteiger partial charge in [0.15, 0.2) is 0 Å². The fourth-order valence-corrected chi connectivity index (χ4v) is 2.04. The van der Waals surface area contributed by atoms with Crippen molar-refractivity contribution in [3.05, 3.63) is 12.3 Å². The first-order valence-electron chi connectivity index (χ1n) is 6.17. The van der Waals surface area contributed by atoms with E-state index in [2.05, 4.69) is 15.3 Å². The van der Waals surface area contributed by atoms with Crippen molar-refractivity contribution in [2.75, 3.05) is 44.6 Å². The molecule has 0 bridgehead atoms. The molecule has 100 valence electrons. The maximum absolute atomic E-state index is 12.0. The van der Waals surface area contributed by atoms with E-state index in [-0.39, 0.29) is 6.03 Å². The van der Waals surface area contributed by atoms with Gasteiger partial charge in [-0.2, -0.15) is 5.10 Å². The van der Waals surface area contributed by atoms with E-state index in [9.17, 15) is 4.79 Å². The summed E-state index contributed by atoms with van der Waals surface area (Å²) in [7, 11) is 1.80. The standard InChI is InChI=1S/C11H20N6O/c1-15-10(2-4-13-15)14-11(18)17-8-6-16(5-3-12)7-9-17/h2,4H,3,5-9,12H2,1H3,(H,14,18). The molecule has 1 aliphatic heterocycles. The molecule has 0 unspecified atom stereocenters. The van der Waals surface area contributed by atoms with Crippen molar-refractivity contribution in [3.63, 3.8) is 0 Å². The van der Waals surface area contributed by atoms with Crippen LogP contribution in [-0.2, 0) is 7.05 Å². The van der Waals surface area contributed by atoms with E-state index in [1.807, 2.05) is 4.90 Å². The minimum atomic E-state index is -0.0639. The van der Waals surface area contributed by atoms with Gasteiger partial charge in [-0.1, -0.05) is 0 Å². The SMILES string of the molecule is Cn1nccc1NC(=O)N1CCN(CCN)CC1. The summed E-state index contributed by atoms with van der Waals surface area (Å²) in [6.07, 6.45) is 1.66. The summed E-state index contributed by atoms with van der Waals surface area (Å²) in [5, 5.41) is 6.86. The molecule has 0 radical (unpaired) electrons. The Morgan fingerprint density at radius 3 is 2.72 bits per heavy atom. The molecule has 2 heterocycles. The molecule has 1 aromatic heterocycles. The summed E-state index contributed by atoms with van der Waals surface area (Å²) >= 11 is 0. The van der Waals surface area contributed by atoms with E-state index in [4.69, 9.17) is 5.73 Å². The number of hydrogen-bond donors (Lipinski definition) is 2. The number of piperazine rings is 1. The number of aryl methyl sites for hydroxylation is 1. The van der Waals surface area contributed by atoms with Crippen LogP contribution in [0, 0.1) is 0 Å². The highest BCUT2D eigenvalue weighted by Gasteiger charge is 2.20. The molecule has 0 aliphatic carbocycles. The maximum Gasteiger partial charge on any atom is 0.323 e. The second kappa shape index (κ2) is 5.83. The zero-order valence-electron chi connectivity index (χ0n) is 10.7. The molecule has 1 aliphatic rings. The van der Waals surface area contributed by atoms with Crippen molar-refractivity contribution in [1.82, 2.24) is 19.6 Å². The van der Waals surface area contributed by atoms with Gasteiger partial charge in [-0.25, -0.2) is 4.79 Å². The second-order valence-corrected chi connectivity index (χ2v) is 4.39. The van der Waals surface area contributed by atoms with Gasteiger partial charge in [-0.15, -0.1) is 0 Å². The number of aromatic nitrogens is 2. The summed E-state index contributed by atoms with van der Waals surface area (Å²) in [4.78, 5) is 16.1. The number of nitrogens with zero attached hydrogens (tertiary/aromatic N) is 4. The van der Waals surface area contributed by atoms with E-state index >= 15 is 0 Å². The van der Waals surface area contributed by atoms with Gasteiger partial charge in [-0.05, 0) is 0 Å². The Hall–Kier alpha value is -1.60. The number of nitrogens with two attached hydrogens (primary N) is 1. The molecule has 3 N–H and O–H groups in total. The monoisotopic (exact) mass is 252 g/mol. The molecular formula is C11H20N6O. The topological polar surface area (TPSA) is 79.4 Å². The van der Waals surface area contributed by atoms with Gasteiger partial charge < -0.3 is 10.6 Å². The number of rotatable bonds is 3. The first-order valence-corrected chi connectivity index (χ1v) is 6.17. The molecule has 2 amide bonds. The van der Waals surface area contributed by atoms with Gasteiger partial charge in [0.2, 0.25) is 0 Å². The van der Waals surface area contributed by atoms with E-state index in [1.165, 1.54) is 0 Å². The second-order valence-electron chi connectivity index (χ2n) is 4.39. The molecule has 0 spiro atoms. The smallest absolute Gasteiger partial charge is 0.323 e. The lowest BCUT2D eigenvalue weighted by atomic mass is 10.3. The Balaban J connectivity index is 1.83. The zero-order valence-corrected chi connectivity index (χ0v) is 10.7. The van der Waals surface area contributed by atoms with Crippen LogP contribution in [0.15, 0.2) is 12.3 Å². The predicted molar refractivity (Wildman–Crippen MR) is 69.3 cm³/mol. The zero-order chi connectivity index (χ0) is 13.0. The van der Waals surface area contributed by atoms with Crippen molar-refractivity contribution in [2.24, 2.45) is 12.8 Å². The van der Waals surface area contributed by atoms with Gasteiger partial charge in [0, 0.05) is 52.4 Å². The molecule has 0 atom stereocenters. The average molecular weight is 252 g/mol. The molecule has 1 aromatic rings. The van der Waals surface area contributed by atoms with Crippen molar-refractivity contribution in [3.8, 4) is 0 Å². The van der Waals surface area contributed by atoms with Crippen molar-refractivity contribution >= 4 is 11.8 Å². The van der Waals surface area contributed by atoms with Crippen molar-refractivity contribution in [1.29, 1.82) is 0 Å². The molecule has 18 heavy (non-hydrogen) atoms. The molecule has 7 nitrogen and oxygen atoms in total. The van der Waals surface area contributed by atoms with Crippen LogP contribution in [0.4, 0.5) is 10.6 Å². The van der Waals surface area contributed by atoms with E-state index in [0.29, 0.717) is 12.4 Å². The lowest BCUT2D eigenvalue weighted by Crippen LogP contribution is -2.51. The number of carbonyl (C=O) groups excluding carboxylic acids is 1. The Labute approximate surface area is 107 Å². The van der Waals surface area contributed by atoms with Crippen LogP contribution < -0.4 is 11.1 Å². The molecule has 1 fully saturated rings. The Morgan fingerprint density at radius 1 is 1.44 bits per heavy atom. The summed E-state index contributed by atoms with van der Waals surface area (Å²) in [5.41, 5.74) is 5.52. The van der Waals surface area contributed by atoms with Crippen LogP contribution in [0.2, 0.25) is 0 Å². The molecule has 0 saturated carbocycles. The third-order valence-electron chi connectivity index (χ3n) is 3.16. The maximum atomic E-state index is 12.0. The number of nitrogens with one attached hydrogen (secondary N) is 1. The van der Waals surface area contributed by atoms with Gasteiger partial charge in [0.05, 0.1) is 6.20 Å². The number of hydrogen-bond acceptors (Lipinski definition) is 4. The van der Waals surface area contributed by atoms with Crippen LogP contribution in [0.1, 0.15) is 0 Å². The van der Waals surface area contributed by atoms with Crippen LogP contribution in [-0.4, -0.2) is 64.9 Å². The normalized spacial score (nSPS) is 16.9. The first kappa shape index (κ1) is 12.8. The van der Waals surface area contributed by atoms with E-state index < -0.39 is 0 Å². The third kappa shape index (κ3) is 2.99. The molecular weight excluding hydrogens is 232 g/mol. The Morgan fingerprint density at radius 2 is 2.17 bits per heavy atom. The minimum absolute atomic E-state index is 0.0639. The number of urea groups is 1. The Bertz CT molecular complexity index is 396. The van der Waals surface area contributed by atoms with Crippen LogP contribution in [0.5, 0.6) is 0 Å².